The Morgan fingerprint density at radius 3 is 2.72 bits per heavy atom. The summed E-state index contributed by atoms with van der Waals surface area (Å²) in [4.78, 5) is 13.1. The van der Waals surface area contributed by atoms with E-state index in [1.165, 1.54) is 5.56 Å². The van der Waals surface area contributed by atoms with Crippen molar-refractivity contribution in [2.24, 2.45) is 0 Å². The predicted octanol–water partition coefficient (Wildman–Crippen LogP) is 2.71. The molecule has 0 heterocycles. The van der Waals surface area contributed by atoms with Crippen molar-refractivity contribution >= 4 is 17.5 Å². The zero-order chi connectivity index (χ0) is 13.5. The standard InChI is InChI=1S/C14H20ClNO2/c1-4-12-7-5-6-8-13(12)18-10-9-16(3)14(17)11(2)15/h5-8,11H,4,9-10H2,1-3H3. The molecule has 1 aromatic rings. The van der Waals surface area contributed by atoms with Gasteiger partial charge in [-0.15, -0.1) is 11.6 Å². The lowest BCUT2D eigenvalue weighted by atomic mass is 10.1. The molecule has 3 nitrogen and oxygen atoms in total. The third kappa shape index (κ3) is 4.22. The van der Waals surface area contributed by atoms with Gasteiger partial charge in [0, 0.05) is 7.05 Å². The van der Waals surface area contributed by atoms with Crippen LogP contribution in [0.25, 0.3) is 0 Å². The number of hydrogen-bond acceptors (Lipinski definition) is 2. The van der Waals surface area contributed by atoms with Crippen LogP contribution >= 0.6 is 11.6 Å². The molecule has 0 aliphatic rings. The van der Waals surface area contributed by atoms with E-state index in [0.717, 1.165) is 12.2 Å². The van der Waals surface area contributed by atoms with E-state index in [-0.39, 0.29) is 5.91 Å². The molecular formula is C14H20ClNO2. The quantitative estimate of drug-likeness (QED) is 0.743. The molecule has 1 amide bonds. The number of amides is 1. The third-order valence-electron chi connectivity index (χ3n) is 2.75. The summed E-state index contributed by atoms with van der Waals surface area (Å²) in [5, 5.41) is -0.488. The fraction of sp³-hybridized carbons (Fsp3) is 0.500. The molecule has 0 radical (unpaired) electrons. The van der Waals surface area contributed by atoms with Crippen LogP contribution in [-0.4, -0.2) is 36.4 Å². The molecule has 100 valence electrons. The third-order valence-corrected chi connectivity index (χ3v) is 2.94. The molecule has 1 atom stereocenters. The summed E-state index contributed by atoms with van der Waals surface area (Å²) >= 11 is 5.73. The van der Waals surface area contributed by atoms with Crippen molar-refractivity contribution in [2.45, 2.75) is 25.6 Å². The van der Waals surface area contributed by atoms with E-state index >= 15 is 0 Å². The van der Waals surface area contributed by atoms with E-state index in [0.29, 0.717) is 13.2 Å². The SMILES string of the molecule is CCc1ccccc1OCCN(C)C(=O)C(C)Cl. The molecule has 0 aliphatic carbocycles. The number of aryl methyl sites for hydroxylation is 1. The summed E-state index contributed by atoms with van der Waals surface area (Å²) in [5.74, 6) is 0.809. The number of carbonyl (C=O) groups excluding carboxylic acids is 1. The monoisotopic (exact) mass is 269 g/mol. The number of nitrogens with zero attached hydrogens (tertiary/aromatic N) is 1. The fourth-order valence-electron chi connectivity index (χ4n) is 1.64. The van der Waals surface area contributed by atoms with Crippen molar-refractivity contribution in [2.75, 3.05) is 20.2 Å². The molecule has 0 aromatic heterocycles. The van der Waals surface area contributed by atoms with Gasteiger partial charge >= 0.3 is 0 Å². The molecular weight excluding hydrogens is 250 g/mol. The van der Waals surface area contributed by atoms with Crippen LogP contribution in [0.4, 0.5) is 0 Å². The van der Waals surface area contributed by atoms with Crippen LogP contribution in [0.5, 0.6) is 5.75 Å². The molecule has 1 rings (SSSR count). The van der Waals surface area contributed by atoms with Crippen LogP contribution in [0.15, 0.2) is 24.3 Å². The number of ether oxygens (including phenoxy) is 1. The lowest BCUT2D eigenvalue weighted by Crippen LogP contribution is -2.35. The zero-order valence-corrected chi connectivity index (χ0v) is 11.9. The average Bonchev–Trinajstić information content (AvgIpc) is 2.38. The minimum Gasteiger partial charge on any atom is -0.491 e. The Bertz CT molecular complexity index is 393. The summed E-state index contributed by atoms with van der Waals surface area (Å²) in [6.07, 6.45) is 0.934. The Morgan fingerprint density at radius 1 is 1.44 bits per heavy atom. The van der Waals surface area contributed by atoms with Crippen LogP contribution in [0.2, 0.25) is 0 Å². The Balaban J connectivity index is 2.44. The number of likely N-dealkylation sites (N-methyl/N-ethyl adjacent to an activating group) is 1. The van der Waals surface area contributed by atoms with Gasteiger partial charge in [0.15, 0.2) is 0 Å². The molecule has 0 saturated carbocycles. The first-order valence-corrected chi connectivity index (χ1v) is 6.59. The number of carbonyl (C=O) groups is 1. The normalized spacial score (nSPS) is 12.0. The fourth-order valence-corrected chi connectivity index (χ4v) is 1.81. The maximum Gasteiger partial charge on any atom is 0.240 e. The first-order chi connectivity index (χ1) is 8.56. The number of benzene rings is 1. The van der Waals surface area contributed by atoms with Crippen LogP contribution in [-0.2, 0) is 11.2 Å². The van der Waals surface area contributed by atoms with Gasteiger partial charge in [-0.3, -0.25) is 4.79 Å². The first-order valence-electron chi connectivity index (χ1n) is 6.16. The second-order valence-corrected chi connectivity index (χ2v) is 4.84. The smallest absolute Gasteiger partial charge is 0.240 e. The number of rotatable bonds is 6. The topological polar surface area (TPSA) is 29.5 Å². The van der Waals surface area contributed by atoms with Crippen molar-refractivity contribution in [3.63, 3.8) is 0 Å². The molecule has 18 heavy (non-hydrogen) atoms. The Kier molecular flexibility index (Phi) is 5.99. The van der Waals surface area contributed by atoms with Crippen LogP contribution in [0.3, 0.4) is 0 Å². The van der Waals surface area contributed by atoms with Gasteiger partial charge in [0.05, 0.1) is 6.54 Å². The largest absolute Gasteiger partial charge is 0.491 e. The predicted molar refractivity (Wildman–Crippen MR) is 74.3 cm³/mol. The first kappa shape index (κ1) is 14.8. The van der Waals surface area contributed by atoms with Gasteiger partial charge in [-0.2, -0.15) is 0 Å². The zero-order valence-electron chi connectivity index (χ0n) is 11.1. The maximum atomic E-state index is 11.5. The van der Waals surface area contributed by atoms with Gasteiger partial charge < -0.3 is 9.64 Å². The molecule has 1 aromatic carbocycles. The maximum absolute atomic E-state index is 11.5. The lowest BCUT2D eigenvalue weighted by Gasteiger charge is -2.19. The number of alkyl halides is 1. The van der Waals surface area contributed by atoms with Crippen molar-refractivity contribution < 1.29 is 9.53 Å². The highest BCUT2D eigenvalue weighted by Crippen LogP contribution is 2.18. The van der Waals surface area contributed by atoms with Crippen molar-refractivity contribution in [1.82, 2.24) is 4.90 Å². The van der Waals surface area contributed by atoms with Crippen molar-refractivity contribution in [1.29, 1.82) is 0 Å². The molecule has 0 bridgehead atoms. The van der Waals surface area contributed by atoms with Crippen molar-refractivity contribution in [3.8, 4) is 5.75 Å². The van der Waals surface area contributed by atoms with Gasteiger partial charge in [0.25, 0.3) is 0 Å². The Labute approximate surface area is 114 Å². The molecule has 0 spiro atoms. The van der Waals surface area contributed by atoms with Crippen LogP contribution in [0, 0.1) is 0 Å². The minimum absolute atomic E-state index is 0.0796. The van der Waals surface area contributed by atoms with E-state index in [2.05, 4.69) is 6.92 Å². The Hall–Kier alpha value is -1.22. The van der Waals surface area contributed by atoms with Gasteiger partial charge in [-0.1, -0.05) is 25.1 Å². The summed E-state index contributed by atoms with van der Waals surface area (Å²) < 4.78 is 5.69. The minimum atomic E-state index is -0.488. The lowest BCUT2D eigenvalue weighted by molar-refractivity contribution is -0.129. The summed E-state index contributed by atoms with van der Waals surface area (Å²) in [5.41, 5.74) is 1.18. The molecule has 0 saturated heterocycles. The summed E-state index contributed by atoms with van der Waals surface area (Å²) in [6, 6.07) is 7.94. The van der Waals surface area contributed by atoms with E-state index in [1.54, 1.807) is 18.9 Å². The van der Waals surface area contributed by atoms with Gasteiger partial charge in [0.2, 0.25) is 5.91 Å². The summed E-state index contributed by atoms with van der Waals surface area (Å²) in [6.45, 7) is 4.78. The van der Waals surface area contributed by atoms with Crippen molar-refractivity contribution in [3.05, 3.63) is 29.8 Å². The highest BCUT2D eigenvalue weighted by Gasteiger charge is 2.14. The van der Waals surface area contributed by atoms with Gasteiger partial charge in [-0.25, -0.2) is 0 Å². The molecule has 0 fully saturated rings. The number of para-hydroxylation sites is 1. The Morgan fingerprint density at radius 2 is 2.11 bits per heavy atom. The molecule has 4 heteroatoms. The highest BCUT2D eigenvalue weighted by atomic mass is 35.5. The number of hydrogen-bond donors (Lipinski definition) is 0. The van der Waals surface area contributed by atoms with Gasteiger partial charge in [-0.05, 0) is 25.0 Å². The van der Waals surface area contributed by atoms with E-state index in [1.807, 2.05) is 24.3 Å². The average molecular weight is 270 g/mol. The summed E-state index contributed by atoms with van der Waals surface area (Å²) in [7, 11) is 1.73. The molecule has 0 N–H and O–H groups in total. The van der Waals surface area contributed by atoms with Crippen LogP contribution < -0.4 is 4.74 Å². The van der Waals surface area contributed by atoms with Crippen LogP contribution in [0.1, 0.15) is 19.4 Å². The number of halogens is 1. The molecule has 0 aliphatic heterocycles. The van der Waals surface area contributed by atoms with E-state index in [4.69, 9.17) is 16.3 Å². The second kappa shape index (κ2) is 7.27. The van der Waals surface area contributed by atoms with E-state index < -0.39 is 5.38 Å². The highest BCUT2D eigenvalue weighted by molar-refractivity contribution is 6.30. The van der Waals surface area contributed by atoms with E-state index in [9.17, 15) is 4.79 Å². The van der Waals surface area contributed by atoms with Gasteiger partial charge in [0.1, 0.15) is 17.7 Å². The second-order valence-electron chi connectivity index (χ2n) is 4.19. The molecule has 1 unspecified atom stereocenters.